The Morgan fingerprint density at radius 1 is 0.467 bits per heavy atom. The third kappa shape index (κ3) is 8.01. The number of carbonyl (C=O) groups is 4. The van der Waals surface area contributed by atoms with Crippen molar-refractivity contribution in [2.45, 2.75) is 120 Å². The highest BCUT2D eigenvalue weighted by atomic mass is 32.3. The lowest BCUT2D eigenvalue weighted by Crippen LogP contribution is -2.45. The van der Waals surface area contributed by atoms with Gasteiger partial charge in [-0.25, -0.2) is 0 Å². The molecular formula is C56H70O15S4. The molecule has 408 valence electrons. The second-order valence-electron chi connectivity index (χ2n) is 26.3. The van der Waals surface area contributed by atoms with Crippen LogP contribution in [0.25, 0.3) is 12.2 Å². The van der Waals surface area contributed by atoms with E-state index < -0.39 is 124 Å². The van der Waals surface area contributed by atoms with Crippen molar-refractivity contribution in [3.8, 4) is 0 Å². The third-order valence-corrected chi connectivity index (χ3v) is 27.2. The highest BCUT2D eigenvalue weighted by Gasteiger charge is 2.72. The Kier molecular flexibility index (Phi) is 12.3. The van der Waals surface area contributed by atoms with Crippen LogP contribution < -0.4 is 0 Å². The van der Waals surface area contributed by atoms with Crippen LogP contribution in [0.15, 0.2) is 59.7 Å². The summed E-state index contributed by atoms with van der Waals surface area (Å²) >= 11 is 0. The van der Waals surface area contributed by atoms with E-state index >= 15 is 0 Å². The second kappa shape index (κ2) is 16.9. The number of hydrogen-bond acceptors (Lipinski definition) is 13. The van der Waals surface area contributed by atoms with Gasteiger partial charge in [0.15, 0.2) is 11.6 Å². The van der Waals surface area contributed by atoms with Crippen LogP contribution in [0.5, 0.6) is 0 Å². The summed E-state index contributed by atoms with van der Waals surface area (Å²) in [6.07, 6.45) is 7.78. The van der Waals surface area contributed by atoms with E-state index in [2.05, 4.69) is 0 Å². The minimum atomic E-state index is -4.92. The quantitative estimate of drug-likeness (QED) is 0.119. The van der Waals surface area contributed by atoms with Crippen LogP contribution in [-0.4, -0.2) is 88.9 Å². The molecule has 0 spiro atoms. The summed E-state index contributed by atoms with van der Waals surface area (Å²) in [5, 5.41) is 0. The average Bonchev–Trinajstić information content (AvgIpc) is 4.00. The van der Waals surface area contributed by atoms with Gasteiger partial charge < -0.3 is 0 Å². The van der Waals surface area contributed by atoms with Crippen molar-refractivity contribution < 1.29 is 65.6 Å². The molecule has 8 fully saturated rings. The van der Waals surface area contributed by atoms with Gasteiger partial charge in [0.1, 0.15) is 11.6 Å². The number of rotatable bonds is 16. The molecule has 2 aromatic rings. The second-order valence-corrected chi connectivity index (χ2v) is 32.6. The van der Waals surface area contributed by atoms with Gasteiger partial charge in [-0.05, 0) is 144 Å². The molecule has 15 nitrogen and oxygen atoms in total. The Morgan fingerprint density at radius 2 is 0.787 bits per heavy atom. The lowest BCUT2D eigenvalue weighted by atomic mass is 9.70. The first-order valence-corrected chi connectivity index (χ1v) is 32.6. The Balaban J connectivity index is 0.807. The van der Waals surface area contributed by atoms with E-state index in [1.54, 1.807) is 36.4 Å². The fraction of sp³-hybridized carbons (Fsp3) is 0.643. The molecule has 0 amide bonds. The maximum absolute atomic E-state index is 14.6. The Bertz CT molecular complexity index is 3370. The molecule has 8 bridgehead atoms. The first kappa shape index (κ1) is 54.6. The van der Waals surface area contributed by atoms with Crippen molar-refractivity contribution in [1.29, 1.82) is 0 Å². The molecule has 0 aromatic heterocycles. The molecule has 2 aromatic carbocycles. The van der Waals surface area contributed by atoms with E-state index in [-0.39, 0.29) is 53.9 Å². The highest BCUT2D eigenvalue weighted by molar-refractivity contribution is 7.99. The first-order chi connectivity index (χ1) is 34.4. The van der Waals surface area contributed by atoms with Crippen molar-refractivity contribution >= 4 is 75.8 Å². The van der Waals surface area contributed by atoms with Gasteiger partial charge in [-0.3, -0.25) is 28.3 Å². The monoisotopic (exact) mass is 1110 g/mol. The summed E-state index contributed by atoms with van der Waals surface area (Å²) in [4.78, 5) is 56.7. The Hall–Kier alpha value is -3.72. The lowest BCUT2D eigenvalue weighted by molar-refractivity contribution is -0.132. The number of carbonyl (C=O) groups excluding carboxylic acids is 4. The van der Waals surface area contributed by atoms with Crippen molar-refractivity contribution in [1.82, 2.24) is 0 Å². The average molecular weight is 1110 g/mol. The summed E-state index contributed by atoms with van der Waals surface area (Å²) in [6, 6.07) is 14.7. The fourth-order valence-electron chi connectivity index (χ4n) is 17.7. The summed E-state index contributed by atoms with van der Waals surface area (Å²) < 4.78 is 129. The van der Waals surface area contributed by atoms with Gasteiger partial charge in [-0.15, -0.1) is 3.63 Å². The summed E-state index contributed by atoms with van der Waals surface area (Å²) in [5.41, 5.74) is -4.25. The zero-order valence-electron chi connectivity index (χ0n) is 44.0. The van der Waals surface area contributed by atoms with E-state index in [4.69, 9.17) is 3.63 Å². The largest absolute Gasteiger partial charge is 0.299 e. The molecule has 10 rings (SSSR count). The topological polar surface area (TPSA) is 255 Å². The van der Waals surface area contributed by atoms with E-state index in [1.165, 1.54) is 0 Å². The molecule has 8 aliphatic rings. The Labute approximate surface area is 442 Å². The Morgan fingerprint density at radius 3 is 1.16 bits per heavy atom. The lowest BCUT2D eigenvalue weighted by Gasteiger charge is -2.36. The minimum absolute atomic E-state index is 0.0421. The molecule has 0 saturated heterocycles. The molecule has 10 atom stereocenters. The number of fused-ring (bicyclic) bond motifs is 8. The zero-order chi connectivity index (χ0) is 54.9. The molecule has 0 heterocycles. The van der Waals surface area contributed by atoms with Crippen molar-refractivity contribution in [3.05, 3.63) is 81.9 Å². The number of ketones is 4. The SMILES string of the molecule is CC1(C)C2CCC1(CS(=O)(=O)O)C(=O)/C2=C/c1ccc(/C=C2/C(=O)C3(CS(=O)(=O)OS(=O)(=O)CC45CCC(C(Cc6ccc(CC7C(=O)C8(CS(=O)(=O)O)CCC7C8(C)C)cc6)C4=O)C5(C)C)CCC2C3(C)C)cc1. The molecule has 19 heteroatoms. The van der Waals surface area contributed by atoms with E-state index in [9.17, 15) is 62.0 Å². The molecule has 0 radical (unpaired) electrons. The van der Waals surface area contributed by atoms with E-state index in [0.717, 1.165) is 11.1 Å². The fourth-order valence-corrected chi connectivity index (χ4v) is 24.4. The number of allylic oxidation sites excluding steroid dienone is 2. The normalized spacial score (nSPS) is 37.0. The number of hydrogen-bond donors (Lipinski definition) is 2. The van der Waals surface area contributed by atoms with Gasteiger partial charge in [-0.2, -0.15) is 33.7 Å². The van der Waals surface area contributed by atoms with Crippen LogP contribution in [0, 0.1) is 78.8 Å². The van der Waals surface area contributed by atoms with Crippen molar-refractivity contribution in [2.75, 3.05) is 23.0 Å². The van der Waals surface area contributed by atoms with Crippen LogP contribution in [0.2, 0.25) is 0 Å². The van der Waals surface area contributed by atoms with Crippen molar-refractivity contribution in [2.24, 2.45) is 78.8 Å². The van der Waals surface area contributed by atoms with Gasteiger partial charge in [0.25, 0.3) is 40.5 Å². The summed E-state index contributed by atoms with van der Waals surface area (Å²) in [7, 11) is -18.6. The number of benzene rings is 2. The van der Waals surface area contributed by atoms with Crippen LogP contribution >= 0.6 is 0 Å². The zero-order valence-corrected chi connectivity index (χ0v) is 47.2. The molecule has 10 unspecified atom stereocenters. The summed E-state index contributed by atoms with van der Waals surface area (Å²) in [6.45, 7) is 14.9. The standard InChI is InChI=1S/C56H70O15S4/c1-49(2)41-17-21-53(49,29-72(61,62)63)45(57)37(41)25-33-9-13-35(14-10-33)27-39-43-19-23-55(47(39)59,51(43,5)6)31-74(67,68)71-75(69,70)32-56-24-20-44(52(56,7)8)40(48(56)60)28-36-15-11-34(12-16-36)26-38-42-18-22-54(46(38)58,50(42,3)4)30-73(64,65)66/h9-16,25,27,38,40-44H,17-24,26,28-32H2,1-8H3,(H,61,62,63)(H,64,65,66)/b37-25+,39-27+. The highest BCUT2D eigenvalue weighted by Crippen LogP contribution is 2.70. The minimum Gasteiger partial charge on any atom is -0.299 e. The van der Waals surface area contributed by atoms with Gasteiger partial charge >= 0.3 is 0 Å². The van der Waals surface area contributed by atoms with Gasteiger partial charge in [-0.1, -0.05) is 104 Å². The predicted octanol–water partition coefficient (Wildman–Crippen LogP) is 7.94. The molecule has 8 aliphatic carbocycles. The molecule has 2 N–H and O–H groups in total. The van der Waals surface area contributed by atoms with E-state index in [0.29, 0.717) is 73.6 Å². The van der Waals surface area contributed by atoms with Crippen LogP contribution in [0.3, 0.4) is 0 Å². The first-order valence-electron chi connectivity index (χ1n) is 26.3. The van der Waals surface area contributed by atoms with Crippen LogP contribution in [-0.2, 0) is 76.1 Å². The molecule has 8 saturated carbocycles. The molecule has 0 aliphatic heterocycles. The predicted molar refractivity (Wildman–Crippen MR) is 280 cm³/mol. The smallest absolute Gasteiger partial charge is 0.282 e. The van der Waals surface area contributed by atoms with Crippen LogP contribution in [0.4, 0.5) is 0 Å². The third-order valence-electron chi connectivity index (χ3n) is 22.2. The molecular weight excluding hydrogens is 1040 g/mol. The van der Waals surface area contributed by atoms with Gasteiger partial charge in [0.05, 0.1) is 44.7 Å². The summed E-state index contributed by atoms with van der Waals surface area (Å²) in [5.74, 6) is -5.68. The van der Waals surface area contributed by atoms with E-state index in [1.807, 2.05) is 79.7 Å². The maximum atomic E-state index is 14.6. The van der Waals surface area contributed by atoms with Gasteiger partial charge in [0.2, 0.25) is 0 Å². The van der Waals surface area contributed by atoms with Crippen LogP contribution in [0.1, 0.15) is 129 Å². The van der Waals surface area contributed by atoms with Gasteiger partial charge in [0, 0.05) is 23.0 Å². The molecule has 75 heavy (non-hydrogen) atoms. The van der Waals surface area contributed by atoms with Crippen molar-refractivity contribution in [3.63, 3.8) is 0 Å². The number of Topliss-reactive ketones (excluding diaryl/α,β-unsaturated/α-hetero) is 4. The maximum Gasteiger partial charge on any atom is 0.282 e.